The molecule has 2 rings (SSSR count). The second kappa shape index (κ2) is 6.68. The number of ether oxygens (including phenoxy) is 1. The number of carbonyl (C=O) groups is 1. The zero-order chi connectivity index (χ0) is 13.8. The molecule has 0 bridgehead atoms. The van der Waals surface area contributed by atoms with E-state index in [4.69, 9.17) is 4.74 Å². The molecule has 1 aromatic carbocycles. The number of rotatable bonds is 5. The summed E-state index contributed by atoms with van der Waals surface area (Å²) < 4.78 is 7.26. The maximum atomic E-state index is 12.4. The minimum absolute atomic E-state index is 0.00419. The van der Waals surface area contributed by atoms with Crippen LogP contribution in [-0.4, -0.2) is 12.4 Å². The number of thiophene rings is 1. The van der Waals surface area contributed by atoms with Gasteiger partial charge in [-0.05, 0) is 50.4 Å². The van der Waals surface area contributed by atoms with E-state index in [2.05, 4.69) is 38.8 Å². The Kier molecular flexibility index (Phi) is 5.19. The Labute approximate surface area is 133 Å². The number of halogens is 2. The summed E-state index contributed by atoms with van der Waals surface area (Å²) in [6.45, 7) is 2.71. The van der Waals surface area contributed by atoms with Crippen LogP contribution in [0.4, 0.5) is 0 Å². The van der Waals surface area contributed by atoms with E-state index in [1.54, 1.807) is 12.1 Å². The Bertz CT molecular complexity index is 593. The van der Waals surface area contributed by atoms with Crippen LogP contribution in [0.3, 0.4) is 0 Å². The molecule has 0 N–H and O–H groups in total. The van der Waals surface area contributed by atoms with Crippen molar-refractivity contribution in [1.82, 2.24) is 0 Å². The fraction of sp³-hybridized carbons (Fsp3) is 0.214. The monoisotopic (exact) mass is 402 g/mol. The highest BCUT2D eigenvalue weighted by molar-refractivity contribution is 9.13. The zero-order valence-electron chi connectivity index (χ0n) is 10.3. The summed E-state index contributed by atoms with van der Waals surface area (Å²) in [5, 5.41) is 1.90. The van der Waals surface area contributed by atoms with E-state index in [-0.39, 0.29) is 5.78 Å². The molecule has 100 valence electrons. The molecule has 0 aliphatic heterocycles. The van der Waals surface area contributed by atoms with E-state index in [0.29, 0.717) is 17.0 Å². The van der Waals surface area contributed by atoms with Crippen molar-refractivity contribution in [2.45, 2.75) is 13.3 Å². The maximum absolute atomic E-state index is 12.4. The summed E-state index contributed by atoms with van der Waals surface area (Å²) in [6, 6.07) is 7.31. The molecular formula is C14H12Br2O2S. The van der Waals surface area contributed by atoms with Gasteiger partial charge in [0.05, 0.1) is 16.0 Å². The highest BCUT2D eigenvalue weighted by Gasteiger charge is 2.17. The molecule has 0 saturated carbocycles. The number of benzene rings is 1. The first-order valence-corrected chi connectivity index (χ1v) is 8.30. The van der Waals surface area contributed by atoms with Crippen LogP contribution in [0, 0.1) is 0 Å². The van der Waals surface area contributed by atoms with Gasteiger partial charge in [-0.1, -0.05) is 19.1 Å². The van der Waals surface area contributed by atoms with Crippen LogP contribution in [0.2, 0.25) is 0 Å². The van der Waals surface area contributed by atoms with Crippen molar-refractivity contribution in [2.75, 3.05) is 6.61 Å². The lowest BCUT2D eigenvalue weighted by Gasteiger charge is -2.06. The van der Waals surface area contributed by atoms with Crippen LogP contribution in [0.15, 0.2) is 38.6 Å². The third kappa shape index (κ3) is 3.46. The van der Waals surface area contributed by atoms with Crippen molar-refractivity contribution in [3.8, 4) is 5.75 Å². The average Bonchev–Trinajstić information content (AvgIpc) is 2.76. The fourth-order valence-electron chi connectivity index (χ4n) is 1.55. The Morgan fingerprint density at radius 2 is 2.16 bits per heavy atom. The average molecular weight is 404 g/mol. The van der Waals surface area contributed by atoms with Gasteiger partial charge in [0, 0.05) is 15.4 Å². The van der Waals surface area contributed by atoms with Gasteiger partial charge >= 0.3 is 0 Å². The minimum atomic E-state index is 0.00419. The normalized spacial score (nSPS) is 10.5. The molecule has 1 heterocycles. The first-order chi connectivity index (χ1) is 9.13. The predicted octanol–water partition coefficient (Wildman–Crippen LogP) is 5.29. The van der Waals surface area contributed by atoms with Gasteiger partial charge in [0.2, 0.25) is 5.78 Å². The quantitative estimate of drug-likeness (QED) is 0.633. The maximum Gasteiger partial charge on any atom is 0.204 e. The lowest BCUT2D eigenvalue weighted by Crippen LogP contribution is -2.01. The standard InChI is InChI=1S/C14H12Br2O2S/c1-2-6-18-10-5-3-4-9(7-10)13(17)14-12(16)11(15)8-19-14/h3-5,7-8H,2,6H2,1H3. The van der Waals surface area contributed by atoms with Gasteiger partial charge in [-0.15, -0.1) is 11.3 Å². The molecule has 0 unspecified atom stereocenters. The summed E-state index contributed by atoms with van der Waals surface area (Å²) in [7, 11) is 0. The van der Waals surface area contributed by atoms with Crippen LogP contribution in [0.25, 0.3) is 0 Å². The smallest absolute Gasteiger partial charge is 0.204 e. The molecular weight excluding hydrogens is 392 g/mol. The summed E-state index contributed by atoms with van der Waals surface area (Å²) >= 11 is 8.23. The van der Waals surface area contributed by atoms with Gasteiger partial charge in [0.15, 0.2) is 0 Å². The Morgan fingerprint density at radius 3 is 2.79 bits per heavy atom. The Hall–Kier alpha value is -0.650. The number of carbonyl (C=O) groups excluding carboxylic acids is 1. The van der Waals surface area contributed by atoms with Gasteiger partial charge in [0.25, 0.3) is 0 Å². The molecule has 0 radical (unpaired) electrons. The van der Waals surface area contributed by atoms with Gasteiger partial charge in [0.1, 0.15) is 5.75 Å². The van der Waals surface area contributed by atoms with Crippen LogP contribution < -0.4 is 4.74 Å². The van der Waals surface area contributed by atoms with Crippen molar-refractivity contribution in [3.63, 3.8) is 0 Å². The Morgan fingerprint density at radius 1 is 1.37 bits per heavy atom. The number of hydrogen-bond donors (Lipinski definition) is 0. The first-order valence-electron chi connectivity index (χ1n) is 5.83. The molecule has 0 atom stereocenters. The molecule has 2 nitrogen and oxygen atoms in total. The van der Waals surface area contributed by atoms with Crippen molar-refractivity contribution >= 4 is 49.0 Å². The first kappa shape index (κ1) is 14.8. The molecule has 0 saturated heterocycles. The molecule has 2 aromatic rings. The third-order valence-corrected chi connectivity index (χ3v) is 5.99. The number of hydrogen-bond acceptors (Lipinski definition) is 3. The molecule has 0 spiro atoms. The minimum Gasteiger partial charge on any atom is -0.494 e. The molecule has 5 heteroatoms. The van der Waals surface area contributed by atoms with Gasteiger partial charge in [-0.25, -0.2) is 0 Å². The van der Waals surface area contributed by atoms with Crippen LogP contribution in [0.1, 0.15) is 28.6 Å². The lowest BCUT2D eigenvalue weighted by atomic mass is 10.1. The lowest BCUT2D eigenvalue weighted by molar-refractivity contribution is 0.104. The molecule has 19 heavy (non-hydrogen) atoms. The molecule has 1 aromatic heterocycles. The van der Waals surface area contributed by atoms with E-state index < -0.39 is 0 Å². The molecule has 0 aliphatic rings. The zero-order valence-corrected chi connectivity index (χ0v) is 14.3. The van der Waals surface area contributed by atoms with Crippen LogP contribution >= 0.6 is 43.2 Å². The SMILES string of the molecule is CCCOc1cccc(C(=O)c2scc(Br)c2Br)c1. The molecule has 0 amide bonds. The largest absolute Gasteiger partial charge is 0.494 e. The summed E-state index contributed by atoms with van der Waals surface area (Å²) in [6.07, 6.45) is 0.946. The van der Waals surface area contributed by atoms with E-state index in [9.17, 15) is 4.79 Å². The van der Waals surface area contributed by atoms with E-state index in [0.717, 1.165) is 21.1 Å². The topological polar surface area (TPSA) is 26.3 Å². The fourth-order valence-corrected chi connectivity index (χ4v) is 3.67. The summed E-state index contributed by atoms with van der Waals surface area (Å²) in [5.41, 5.74) is 0.642. The second-order valence-electron chi connectivity index (χ2n) is 3.93. The van der Waals surface area contributed by atoms with Crippen molar-refractivity contribution < 1.29 is 9.53 Å². The third-order valence-electron chi connectivity index (χ3n) is 2.46. The highest BCUT2D eigenvalue weighted by Crippen LogP contribution is 2.34. The van der Waals surface area contributed by atoms with E-state index in [1.807, 2.05) is 17.5 Å². The Balaban J connectivity index is 2.26. The summed E-state index contributed by atoms with van der Waals surface area (Å²) in [5.74, 6) is 0.740. The van der Waals surface area contributed by atoms with Crippen LogP contribution in [0.5, 0.6) is 5.75 Å². The van der Waals surface area contributed by atoms with Crippen molar-refractivity contribution in [3.05, 3.63) is 49.0 Å². The van der Waals surface area contributed by atoms with Gasteiger partial charge in [-0.3, -0.25) is 4.79 Å². The van der Waals surface area contributed by atoms with Gasteiger partial charge < -0.3 is 4.74 Å². The molecule has 0 aliphatic carbocycles. The second-order valence-corrected chi connectivity index (χ2v) is 6.46. The van der Waals surface area contributed by atoms with Crippen molar-refractivity contribution in [1.29, 1.82) is 0 Å². The van der Waals surface area contributed by atoms with Gasteiger partial charge in [-0.2, -0.15) is 0 Å². The predicted molar refractivity (Wildman–Crippen MR) is 85.4 cm³/mol. The molecule has 0 fully saturated rings. The summed E-state index contributed by atoms with van der Waals surface area (Å²) in [4.78, 5) is 13.1. The highest BCUT2D eigenvalue weighted by atomic mass is 79.9. The van der Waals surface area contributed by atoms with E-state index >= 15 is 0 Å². The number of ketones is 1. The van der Waals surface area contributed by atoms with Crippen LogP contribution in [-0.2, 0) is 0 Å². The van der Waals surface area contributed by atoms with E-state index in [1.165, 1.54) is 11.3 Å². The van der Waals surface area contributed by atoms with Crippen molar-refractivity contribution in [2.24, 2.45) is 0 Å².